The first-order valence-corrected chi connectivity index (χ1v) is 52.6. The van der Waals surface area contributed by atoms with Gasteiger partial charge in [0.2, 0.25) is 0 Å². The van der Waals surface area contributed by atoms with Crippen molar-refractivity contribution in [3.63, 3.8) is 0 Å². The van der Waals surface area contributed by atoms with Gasteiger partial charge < -0.3 is 13.7 Å². The number of benzene rings is 21. The lowest BCUT2D eigenvalue weighted by Crippen LogP contribution is -2.00. The maximum absolute atomic E-state index is 5.02. The Morgan fingerprint density at radius 2 is 0.393 bits per heavy atom. The van der Waals surface area contributed by atoms with Gasteiger partial charge in [0.15, 0.2) is 52.4 Å². The highest BCUT2D eigenvalue weighted by atomic mass is 32.1. The van der Waals surface area contributed by atoms with E-state index in [9.17, 15) is 0 Å². The molecular weight excluding hydrogens is 1890 g/mol. The number of fused-ring (bicyclic) bond motifs is 21. The molecule has 0 N–H and O–H groups in total. The lowest BCUT2D eigenvalue weighted by molar-refractivity contribution is 1.07. The summed E-state index contributed by atoms with van der Waals surface area (Å²) in [6.45, 7) is 0. The Kier molecular flexibility index (Phi) is 22.2. The third kappa shape index (κ3) is 16.0. The molecule has 0 saturated heterocycles. The predicted octanol–water partition coefficient (Wildman–Crippen LogP) is 36.0. The SMILES string of the molecule is c1ccc(-c2nc(-c3ccccc3)nc(-c3cccc(-c4ccc(-n5c6ccccc6c6ccc7sc8ccccc8c7c65)cc4)c3)n2)cc1.c1ccc(-c2nc(-c3ccccc3)nc(-c3cccc(-c4cccc(-n5c6ccccc6c6ccc7sc8ccccc8c7c65)c4)c3)n2)cc1.c1ccc(-c2nc(-c3ccccc3)nc(-c3cccc(-c4ccccc4-n4c5ccccc5c5ccc6sc7ccccc7c6c54)c3)n2)cc1. The van der Waals surface area contributed by atoms with Crippen LogP contribution in [0.5, 0.6) is 0 Å². The van der Waals surface area contributed by atoms with Crippen molar-refractivity contribution in [3.05, 3.63) is 510 Å². The first kappa shape index (κ1) is 88.4. The smallest absolute Gasteiger partial charge is 0.164 e. The third-order valence-electron chi connectivity index (χ3n) is 28.3. The van der Waals surface area contributed by atoms with Crippen molar-refractivity contribution in [2.75, 3.05) is 0 Å². The minimum atomic E-state index is 0.639. The maximum atomic E-state index is 5.02. The van der Waals surface area contributed by atoms with Gasteiger partial charge in [-0.1, -0.05) is 406 Å². The van der Waals surface area contributed by atoms with Gasteiger partial charge in [-0.25, -0.2) is 44.9 Å². The van der Waals surface area contributed by atoms with E-state index < -0.39 is 0 Å². The summed E-state index contributed by atoms with van der Waals surface area (Å²) in [4.78, 5) is 44.6. The first-order chi connectivity index (χ1) is 74.4. The largest absolute Gasteiger partial charge is 0.309 e. The van der Waals surface area contributed by atoms with Crippen LogP contribution >= 0.6 is 34.0 Å². The molecule has 30 aromatic rings. The lowest BCUT2D eigenvalue weighted by atomic mass is 10.0. The molecule has 0 amide bonds. The van der Waals surface area contributed by atoms with Crippen LogP contribution in [-0.2, 0) is 0 Å². The monoisotopic (exact) mass is 1970 g/mol. The van der Waals surface area contributed by atoms with Crippen molar-refractivity contribution >= 4 is 160 Å². The van der Waals surface area contributed by atoms with Crippen LogP contribution in [0.25, 0.3) is 279 Å². The van der Waals surface area contributed by atoms with Crippen LogP contribution in [0, 0.1) is 0 Å². The van der Waals surface area contributed by atoms with E-state index in [1.54, 1.807) is 0 Å². The molecule has 21 aromatic carbocycles. The predicted molar refractivity (Wildman–Crippen MR) is 626 cm³/mol. The second-order valence-electron chi connectivity index (χ2n) is 37.3. The number of para-hydroxylation sites is 4. The van der Waals surface area contributed by atoms with Gasteiger partial charge >= 0.3 is 0 Å². The van der Waals surface area contributed by atoms with Crippen LogP contribution < -0.4 is 0 Å². The summed E-state index contributed by atoms with van der Waals surface area (Å²) in [6.07, 6.45) is 0. The second-order valence-corrected chi connectivity index (χ2v) is 40.6. The summed E-state index contributed by atoms with van der Waals surface area (Å²) in [5, 5.41) is 15.4. The maximum Gasteiger partial charge on any atom is 0.164 e. The Labute approximate surface area is 874 Å². The molecule has 0 spiro atoms. The molecule has 9 aromatic heterocycles. The molecule has 12 nitrogen and oxygen atoms in total. The van der Waals surface area contributed by atoms with E-state index in [0.717, 1.165) is 101 Å². The van der Waals surface area contributed by atoms with Crippen LogP contribution in [0.15, 0.2) is 510 Å². The quantitative estimate of drug-likeness (QED) is 0.0984. The van der Waals surface area contributed by atoms with E-state index >= 15 is 0 Å². The van der Waals surface area contributed by atoms with Gasteiger partial charge in [-0.05, 0) is 131 Å². The highest BCUT2D eigenvalue weighted by Gasteiger charge is 2.27. The number of hydrogen-bond acceptors (Lipinski definition) is 12. The van der Waals surface area contributed by atoms with Crippen molar-refractivity contribution in [2.45, 2.75) is 0 Å². The Morgan fingerprint density at radius 1 is 0.140 bits per heavy atom. The number of aromatic nitrogens is 12. The molecule has 0 saturated carbocycles. The van der Waals surface area contributed by atoms with E-state index in [2.05, 4.69) is 341 Å². The number of thiophene rings is 3. The van der Waals surface area contributed by atoms with E-state index in [4.69, 9.17) is 44.9 Å². The molecule has 0 aliphatic carbocycles. The van der Waals surface area contributed by atoms with Gasteiger partial charge in [0.1, 0.15) is 0 Å². The zero-order chi connectivity index (χ0) is 99.1. The van der Waals surface area contributed by atoms with Gasteiger partial charge in [0, 0.05) is 160 Å². The molecule has 0 atom stereocenters. The van der Waals surface area contributed by atoms with E-state index in [0.29, 0.717) is 52.4 Å². The topological polar surface area (TPSA) is 131 Å². The highest BCUT2D eigenvalue weighted by molar-refractivity contribution is 7.27. The summed E-state index contributed by atoms with van der Waals surface area (Å²) in [6, 6.07) is 179. The fraction of sp³-hybridized carbons (Fsp3) is 0. The van der Waals surface area contributed by atoms with Crippen LogP contribution in [0.1, 0.15) is 0 Å². The minimum absolute atomic E-state index is 0.639. The zero-order valence-corrected chi connectivity index (χ0v) is 83.0. The van der Waals surface area contributed by atoms with Crippen molar-refractivity contribution in [1.82, 2.24) is 58.6 Å². The molecule has 0 radical (unpaired) electrons. The average molecular weight is 1970 g/mol. The normalized spacial score (nSPS) is 11.6. The average Bonchev–Trinajstić information content (AvgIpc) is 1.54. The van der Waals surface area contributed by atoms with Crippen LogP contribution in [0.2, 0.25) is 0 Å². The van der Waals surface area contributed by atoms with Crippen molar-refractivity contribution in [1.29, 1.82) is 0 Å². The Bertz CT molecular complexity index is 10300. The van der Waals surface area contributed by atoms with E-state index in [1.165, 1.54) is 126 Å². The van der Waals surface area contributed by atoms with Crippen LogP contribution in [0.4, 0.5) is 0 Å². The fourth-order valence-corrected chi connectivity index (χ4v) is 24.8. The number of hydrogen-bond donors (Lipinski definition) is 0. The van der Waals surface area contributed by atoms with Crippen molar-refractivity contribution in [2.24, 2.45) is 0 Å². The highest BCUT2D eigenvalue weighted by Crippen LogP contribution is 2.50. The van der Waals surface area contributed by atoms with Gasteiger partial charge in [-0.3, -0.25) is 0 Å². The molecule has 150 heavy (non-hydrogen) atoms. The minimum Gasteiger partial charge on any atom is -0.309 e. The summed E-state index contributed by atoms with van der Waals surface area (Å²) in [5.41, 5.74) is 25.9. The molecule has 0 bridgehead atoms. The van der Waals surface area contributed by atoms with Crippen LogP contribution in [0.3, 0.4) is 0 Å². The number of rotatable bonds is 15. The first-order valence-electron chi connectivity index (χ1n) is 50.1. The van der Waals surface area contributed by atoms with Gasteiger partial charge in [-0.2, -0.15) is 0 Å². The van der Waals surface area contributed by atoms with Gasteiger partial charge in [0.25, 0.3) is 0 Å². The Hall–Kier alpha value is -19.3. The van der Waals surface area contributed by atoms with Crippen LogP contribution in [-0.4, -0.2) is 58.6 Å². The van der Waals surface area contributed by atoms with E-state index in [-0.39, 0.29) is 0 Å². The molecular formula is C135H84N12S3. The van der Waals surface area contributed by atoms with Gasteiger partial charge in [-0.15, -0.1) is 34.0 Å². The molecule has 0 fully saturated rings. The second kappa shape index (κ2) is 37.7. The summed E-state index contributed by atoms with van der Waals surface area (Å²) in [7, 11) is 0. The van der Waals surface area contributed by atoms with Crippen molar-refractivity contribution < 1.29 is 0 Å². The molecule has 0 aliphatic rings. The summed E-state index contributed by atoms with van der Waals surface area (Å²) < 4.78 is 15.2. The van der Waals surface area contributed by atoms with Crippen molar-refractivity contribution in [3.8, 4) is 153 Å². The molecule has 30 rings (SSSR count). The Morgan fingerprint density at radius 3 is 0.760 bits per heavy atom. The summed E-state index contributed by atoms with van der Waals surface area (Å²) >= 11 is 5.58. The summed E-state index contributed by atoms with van der Waals surface area (Å²) in [5.74, 6) is 5.85. The third-order valence-corrected chi connectivity index (χ3v) is 31.7. The molecule has 0 aliphatic heterocycles. The van der Waals surface area contributed by atoms with E-state index in [1.807, 2.05) is 216 Å². The standard InChI is InChI=1S/3C45H28N4S/c1-3-14-29(15-4-1)43-46-44(30-16-5-2-6-17-30)48-45(47-43)32-19-13-18-31(28-32)33-20-7-10-23-37(33)49-38-24-11-8-21-34(38)35-26-27-40-41(42(35)49)36-22-9-12-25-39(36)50-40;1-3-13-29(14-4-1)43-46-44(30-15-5-2-6-16-30)48-45(47-43)33-19-11-17-31(27-33)32-18-12-20-34(28-32)49-38-23-9-7-21-35(38)36-25-26-40-41(42(36)49)37-22-8-10-24-39(37)50-40;1-3-12-30(13-4-1)43-46-44(31-14-5-2-6-15-31)48-45(47-43)33-17-11-16-32(28-33)29-22-24-34(25-23-29)49-38-20-9-7-18-35(38)36-26-27-40-41(42(36)49)37-19-8-10-21-39(37)50-40/h3*1-28H. The molecule has 702 valence electrons. The van der Waals surface area contributed by atoms with Gasteiger partial charge in [0.05, 0.1) is 38.8 Å². The Balaban J connectivity index is 0.000000108. The molecule has 9 heterocycles. The fourth-order valence-electron chi connectivity index (χ4n) is 21.4. The number of nitrogens with zero attached hydrogens (tertiary/aromatic N) is 12. The molecule has 15 heteroatoms. The lowest BCUT2D eigenvalue weighted by Gasteiger charge is -2.15. The zero-order valence-electron chi connectivity index (χ0n) is 80.6. The molecule has 0 unspecified atom stereocenters.